The number of rotatable bonds is 4. The number of hydrogen-bond acceptors (Lipinski definition) is 4. The molecule has 0 aromatic carbocycles. The highest BCUT2D eigenvalue weighted by Gasteiger charge is 2.25. The molecular formula is C14H24Cl2N4O. The van der Waals surface area contributed by atoms with E-state index in [1.807, 2.05) is 26.0 Å². The van der Waals surface area contributed by atoms with Gasteiger partial charge in [-0.2, -0.15) is 0 Å². The number of anilines is 2. The van der Waals surface area contributed by atoms with E-state index in [4.69, 9.17) is 5.73 Å². The lowest BCUT2D eigenvalue weighted by Crippen LogP contribution is -2.37. The van der Waals surface area contributed by atoms with Crippen molar-refractivity contribution in [2.24, 2.45) is 11.1 Å². The van der Waals surface area contributed by atoms with Crippen LogP contribution in [-0.2, 0) is 4.79 Å². The zero-order chi connectivity index (χ0) is 13.9. The number of nitrogens with zero attached hydrogens (tertiary/aromatic N) is 2. The lowest BCUT2D eigenvalue weighted by atomic mass is 9.92. The van der Waals surface area contributed by atoms with Crippen molar-refractivity contribution in [2.75, 3.05) is 29.9 Å². The first kappa shape index (κ1) is 20.0. The van der Waals surface area contributed by atoms with Crippen LogP contribution in [0.15, 0.2) is 18.3 Å². The molecule has 3 N–H and O–H groups in total. The first-order valence-corrected chi connectivity index (χ1v) is 6.75. The monoisotopic (exact) mass is 334 g/mol. The first-order chi connectivity index (χ1) is 9.03. The second-order valence-corrected chi connectivity index (χ2v) is 5.64. The van der Waals surface area contributed by atoms with Crippen LogP contribution in [0, 0.1) is 5.41 Å². The van der Waals surface area contributed by atoms with Crippen LogP contribution < -0.4 is 16.0 Å². The summed E-state index contributed by atoms with van der Waals surface area (Å²) in [5.41, 5.74) is 5.74. The van der Waals surface area contributed by atoms with Gasteiger partial charge in [-0.25, -0.2) is 4.98 Å². The van der Waals surface area contributed by atoms with E-state index in [0.29, 0.717) is 6.54 Å². The lowest BCUT2D eigenvalue weighted by Gasteiger charge is -2.21. The largest absolute Gasteiger partial charge is 0.357 e. The van der Waals surface area contributed by atoms with E-state index < -0.39 is 5.41 Å². The van der Waals surface area contributed by atoms with Gasteiger partial charge in [-0.3, -0.25) is 4.79 Å². The molecule has 1 fully saturated rings. The maximum absolute atomic E-state index is 12.0. The molecule has 0 spiro atoms. The summed E-state index contributed by atoms with van der Waals surface area (Å²) in [6, 6.07) is 3.85. The fourth-order valence-corrected chi connectivity index (χ4v) is 1.99. The van der Waals surface area contributed by atoms with Crippen molar-refractivity contribution in [3.8, 4) is 0 Å². The molecule has 0 bridgehead atoms. The quantitative estimate of drug-likeness (QED) is 0.887. The van der Waals surface area contributed by atoms with Crippen molar-refractivity contribution in [1.29, 1.82) is 0 Å². The summed E-state index contributed by atoms with van der Waals surface area (Å²) in [6.45, 7) is 6.11. The molecule has 1 aliphatic rings. The van der Waals surface area contributed by atoms with Crippen molar-refractivity contribution < 1.29 is 4.79 Å². The topological polar surface area (TPSA) is 71.2 Å². The van der Waals surface area contributed by atoms with Crippen LogP contribution >= 0.6 is 24.8 Å². The normalized spacial score (nSPS) is 14.1. The number of aromatic nitrogens is 1. The zero-order valence-corrected chi connectivity index (χ0v) is 14.1. The van der Waals surface area contributed by atoms with Crippen molar-refractivity contribution in [3.05, 3.63) is 18.3 Å². The van der Waals surface area contributed by atoms with E-state index in [1.54, 1.807) is 6.20 Å². The van der Waals surface area contributed by atoms with Crippen LogP contribution in [0.4, 0.5) is 11.5 Å². The average Bonchev–Trinajstić information content (AvgIpc) is 2.93. The SMILES string of the molecule is CC(C)(CN)C(=O)Nc1ccc(N2CCCC2)nc1.Cl.Cl. The first-order valence-electron chi connectivity index (χ1n) is 6.75. The summed E-state index contributed by atoms with van der Waals surface area (Å²) in [5, 5.41) is 2.85. The number of nitrogens with two attached hydrogens (primary N) is 1. The van der Waals surface area contributed by atoms with E-state index in [1.165, 1.54) is 12.8 Å². The molecule has 120 valence electrons. The second kappa shape index (κ2) is 8.41. The van der Waals surface area contributed by atoms with Crippen molar-refractivity contribution in [3.63, 3.8) is 0 Å². The molecule has 0 unspecified atom stereocenters. The Hall–Kier alpha value is -1.04. The Morgan fingerprint density at radius 2 is 1.95 bits per heavy atom. The van der Waals surface area contributed by atoms with Gasteiger partial charge in [-0.05, 0) is 38.8 Å². The highest BCUT2D eigenvalue weighted by Crippen LogP contribution is 2.20. The zero-order valence-electron chi connectivity index (χ0n) is 12.5. The summed E-state index contributed by atoms with van der Waals surface area (Å²) >= 11 is 0. The van der Waals surface area contributed by atoms with E-state index in [0.717, 1.165) is 24.6 Å². The fraction of sp³-hybridized carbons (Fsp3) is 0.571. The maximum Gasteiger partial charge on any atom is 0.231 e. The molecular weight excluding hydrogens is 311 g/mol. The van der Waals surface area contributed by atoms with E-state index in [2.05, 4.69) is 15.2 Å². The molecule has 2 rings (SSSR count). The van der Waals surface area contributed by atoms with Gasteiger partial charge < -0.3 is 16.0 Å². The Labute approximate surface area is 138 Å². The van der Waals surface area contributed by atoms with Crippen LogP contribution in [0.3, 0.4) is 0 Å². The van der Waals surface area contributed by atoms with E-state index in [-0.39, 0.29) is 30.7 Å². The summed E-state index contributed by atoms with van der Waals surface area (Å²) in [4.78, 5) is 18.6. The van der Waals surface area contributed by atoms with Crippen LogP contribution in [-0.4, -0.2) is 30.5 Å². The number of hydrogen-bond donors (Lipinski definition) is 2. The molecule has 0 atom stereocenters. The number of amides is 1. The predicted octanol–water partition coefficient (Wildman–Crippen LogP) is 2.45. The molecule has 0 saturated carbocycles. The van der Waals surface area contributed by atoms with Crippen LogP contribution in [0.2, 0.25) is 0 Å². The number of halogens is 2. The van der Waals surface area contributed by atoms with Gasteiger partial charge in [0.25, 0.3) is 0 Å². The molecule has 1 aromatic heterocycles. The van der Waals surface area contributed by atoms with Gasteiger partial charge in [-0.15, -0.1) is 24.8 Å². The van der Waals surface area contributed by atoms with Crippen LogP contribution in [0.1, 0.15) is 26.7 Å². The maximum atomic E-state index is 12.0. The summed E-state index contributed by atoms with van der Waals surface area (Å²) < 4.78 is 0. The van der Waals surface area contributed by atoms with Gasteiger partial charge in [0.2, 0.25) is 5.91 Å². The van der Waals surface area contributed by atoms with Crippen molar-refractivity contribution in [2.45, 2.75) is 26.7 Å². The predicted molar refractivity (Wildman–Crippen MR) is 91.6 cm³/mol. The van der Waals surface area contributed by atoms with Crippen molar-refractivity contribution in [1.82, 2.24) is 4.98 Å². The molecule has 1 amide bonds. The Balaban J connectivity index is 0.00000200. The van der Waals surface area contributed by atoms with Gasteiger partial charge in [0, 0.05) is 19.6 Å². The molecule has 0 radical (unpaired) electrons. The van der Waals surface area contributed by atoms with Crippen LogP contribution in [0.25, 0.3) is 0 Å². The number of carbonyl (C=O) groups excluding carboxylic acids is 1. The van der Waals surface area contributed by atoms with Gasteiger partial charge in [0.05, 0.1) is 17.3 Å². The fourth-order valence-electron chi connectivity index (χ4n) is 1.99. The minimum Gasteiger partial charge on any atom is -0.357 e. The number of carbonyl (C=O) groups is 1. The third kappa shape index (κ3) is 5.02. The molecule has 1 aromatic rings. The smallest absolute Gasteiger partial charge is 0.231 e. The number of nitrogens with one attached hydrogen (secondary N) is 1. The standard InChI is InChI=1S/C14H22N4O.2ClH/c1-14(2,10-15)13(19)17-11-5-6-12(16-9-11)18-7-3-4-8-18;;/h5-6,9H,3-4,7-8,10,15H2,1-2H3,(H,17,19);2*1H. The van der Waals surface area contributed by atoms with E-state index >= 15 is 0 Å². The van der Waals surface area contributed by atoms with Crippen LogP contribution in [0.5, 0.6) is 0 Å². The third-order valence-corrected chi connectivity index (χ3v) is 3.56. The van der Waals surface area contributed by atoms with Crippen molar-refractivity contribution >= 4 is 42.2 Å². The molecule has 21 heavy (non-hydrogen) atoms. The second-order valence-electron chi connectivity index (χ2n) is 5.64. The Morgan fingerprint density at radius 1 is 1.33 bits per heavy atom. The van der Waals surface area contributed by atoms with E-state index in [9.17, 15) is 4.79 Å². The Kier molecular flexibility index (Phi) is 8.00. The number of pyridine rings is 1. The van der Waals surface area contributed by atoms with Gasteiger partial charge in [0.15, 0.2) is 0 Å². The van der Waals surface area contributed by atoms with Gasteiger partial charge in [0.1, 0.15) is 5.82 Å². The Morgan fingerprint density at radius 3 is 2.43 bits per heavy atom. The third-order valence-electron chi connectivity index (χ3n) is 3.56. The molecule has 0 aliphatic carbocycles. The summed E-state index contributed by atoms with van der Waals surface area (Å²) in [6.07, 6.45) is 4.16. The molecule has 1 saturated heterocycles. The molecule has 5 nitrogen and oxygen atoms in total. The highest BCUT2D eigenvalue weighted by atomic mass is 35.5. The molecule has 1 aliphatic heterocycles. The molecule has 7 heteroatoms. The highest BCUT2D eigenvalue weighted by molar-refractivity contribution is 5.94. The molecule has 2 heterocycles. The van der Waals surface area contributed by atoms with Gasteiger partial charge in [-0.1, -0.05) is 0 Å². The minimum absolute atomic E-state index is 0. The average molecular weight is 335 g/mol. The Bertz CT molecular complexity index is 445. The lowest BCUT2D eigenvalue weighted by molar-refractivity contribution is -0.123. The summed E-state index contributed by atoms with van der Waals surface area (Å²) in [5.74, 6) is 0.902. The minimum atomic E-state index is -0.562. The van der Waals surface area contributed by atoms with Gasteiger partial charge >= 0.3 is 0 Å². The summed E-state index contributed by atoms with van der Waals surface area (Å²) in [7, 11) is 0.